The van der Waals surface area contributed by atoms with Crippen molar-refractivity contribution in [3.63, 3.8) is 0 Å². The summed E-state index contributed by atoms with van der Waals surface area (Å²) in [6, 6.07) is 5.74. The van der Waals surface area contributed by atoms with Gasteiger partial charge in [-0.25, -0.2) is 0 Å². The number of rotatable bonds is 8. The number of hydrogen-bond acceptors (Lipinski definition) is 3. The first kappa shape index (κ1) is 14.0. The molecule has 1 aromatic heterocycles. The van der Waals surface area contributed by atoms with E-state index in [1.807, 2.05) is 11.3 Å². The molecule has 1 aliphatic rings. The van der Waals surface area contributed by atoms with Gasteiger partial charge in [0.05, 0.1) is 0 Å². The van der Waals surface area contributed by atoms with Crippen LogP contribution in [0.2, 0.25) is 0 Å². The molecule has 1 saturated carbocycles. The molecule has 1 heterocycles. The van der Waals surface area contributed by atoms with Gasteiger partial charge in [0.1, 0.15) is 0 Å². The van der Waals surface area contributed by atoms with Gasteiger partial charge in [-0.15, -0.1) is 11.3 Å². The minimum atomic E-state index is 0.607. The number of nitrogens with zero attached hydrogens (tertiary/aromatic N) is 1. The quantitative estimate of drug-likeness (QED) is 0.774. The van der Waals surface area contributed by atoms with Crippen molar-refractivity contribution in [3.8, 4) is 0 Å². The van der Waals surface area contributed by atoms with Gasteiger partial charge in [-0.05, 0) is 50.6 Å². The van der Waals surface area contributed by atoms with E-state index in [1.54, 1.807) is 0 Å². The van der Waals surface area contributed by atoms with Crippen molar-refractivity contribution in [2.24, 2.45) is 5.92 Å². The van der Waals surface area contributed by atoms with Crippen molar-refractivity contribution in [1.82, 2.24) is 10.2 Å². The Kier molecular flexibility index (Phi) is 5.22. The molecule has 0 spiro atoms. The standard InChI is InChI=1S/C15H26N2S/c1-4-12(2)17(3)10-9-16-15(13-7-8-13)14-6-5-11-18-14/h5-6,11-13,15-16H,4,7-10H2,1-3H3. The highest BCUT2D eigenvalue weighted by Gasteiger charge is 2.32. The van der Waals surface area contributed by atoms with Crippen LogP contribution in [0.1, 0.15) is 44.0 Å². The average Bonchev–Trinajstić information content (AvgIpc) is 3.08. The van der Waals surface area contributed by atoms with Crippen LogP contribution in [0.3, 0.4) is 0 Å². The Morgan fingerprint density at radius 3 is 2.83 bits per heavy atom. The molecule has 18 heavy (non-hydrogen) atoms. The molecule has 2 unspecified atom stereocenters. The summed E-state index contributed by atoms with van der Waals surface area (Å²) >= 11 is 1.89. The maximum atomic E-state index is 3.76. The maximum Gasteiger partial charge on any atom is 0.0443 e. The summed E-state index contributed by atoms with van der Waals surface area (Å²) in [5, 5.41) is 5.95. The second-order valence-corrected chi connectivity index (χ2v) is 6.50. The average molecular weight is 266 g/mol. The fourth-order valence-electron chi connectivity index (χ4n) is 2.33. The second kappa shape index (κ2) is 6.69. The fourth-order valence-corrected chi connectivity index (χ4v) is 3.22. The molecular formula is C15H26N2S. The molecule has 0 radical (unpaired) electrons. The predicted octanol–water partition coefficient (Wildman–Crippen LogP) is 3.52. The lowest BCUT2D eigenvalue weighted by molar-refractivity contribution is 0.247. The molecule has 1 aromatic rings. The molecule has 1 aliphatic carbocycles. The highest BCUT2D eigenvalue weighted by molar-refractivity contribution is 7.10. The minimum absolute atomic E-state index is 0.607. The zero-order chi connectivity index (χ0) is 13.0. The van der Waals surface area contributed by atoms with Gasteiger partial charge in [-0.1, -0.05) is 13.0 Å². The molecular weight excluding hydrogens is 240 g/mol. The van der Waals surface area contributed by atoms with Crippen molar-refractivity contribution in [2.75, 3.05) is 20.1 Å². The van der Waals surface area contributed by atoms with E-state index in [-0.39, 0.29) is 0 Å². The van der Waals surface area contributed by atoms with Crippen LogP contribution in [-0.2, 0) is 0 Å². The van der Waals surface area contributed by atoms with E-state index in [1.165, 1.54) is 24.1 Å². The van der Waals surface area contributed by atoms with Gasteiger partial charge in [0, 0.05) is 30.1 Å². The summed E-state index contributed by atoms with van der Waals surface area (Å²) in [7, 11) is 2.23. The monoisotopic (exact) mass is 266 g/mol. The van der Waals surface area contributed by atoms with E-state index in [0.29, 0.717) is 12.1 Å². The van der Waals surface area contributed by atoms with E-state index in [2.05, 4.69) is 48.6 Å². The van der Waals surface area contributed by atoms with Gasteiger partial charge in [0.25, 0.3) is 0 Å². The summed E-state index contributed by atoms with van der Waals surface area (Å²) in [5.74, 6) is 0.887. The molecule has 102 valence electrons. The number of nitrogens with one attached hydrogen (secondary N) is 1. The molecule has 0 saturated heterocycles. The summed E-state index contributed by atoms with van der Waals surface area (Å²) in [6.07, 6.45) is 4.03. The zero-order valence-electron chi connectivity index (χ0n) is 11.9. The molecule has 1 N–H and O–H groups in total. The molecule has 0 amide bonds. The maximum absolute atomic E-state index is 3.76. The molecule has 3 heteroatoms. The van der Waals surface area contributed by atoms with Crippen LogP contribution >= 0.6 is 11.3 Å². The van der Waals surface area contributed by atoms with Crippen molar-refractivity contribution in [2.45, 2.75) is 45.2 Å². The van der Waals surface area contributed by atoms with E-state index >= 15 is 0 Å². The Labute approximate surface area is 115 Å². The van der Waals surface area contributed by atoms with Crippen LogP contribution in [0.25, 0.3) is 0 Å². The molecule has 0 aliphatic heterocycles. The lowest BCUT2D eigenvalue weighted by Gasteiger charge is -2.25. The first-order valence-corrected chi connectivity index (χ1v) is 8.07. The summed E-state index contributed by atoms with van der Waals surface area (Å²) in [6.45, 7) is 6.80. The minimum Gasteiger partial charge on any atom is -0.308 e. The van der Waals surface area contributed by atoms with E-state index < -0.39 is 0 Å². The summed E-state index contributed by atoms with van der Waals surface area (Å²) < 4.78 is 0. The number of hydrogen-bond donors (Lipinski definition) is 1. The molecule has 0 aromatic carbocycles. The van der Waals surface area contributed by atoms with E-state index in [9.17, 15) is 0 Å². The van der Waals surface area contributed by atoms with Crippen molar-refractivity contribution < 1.29 is 0 Å². The second-order valence-electron chi connectivity index (χ2n) is 5.52. The van der Waals surface area contributed by atoms with Crippen LogP contribution in [0.5, 0.6) is 0 Å². The first-order valence-electron chi connectivity index (χ1n) is 7.19. The Morgan fingerprint density at radius 1 is 1.50 bits per heavy atom. The molecule has 2 atom stereocenters. The zero-order valence-corrected chi connectivity index (χ0v) is 12.7. The Bertz CT molecular complexity index is 332. The van der Waals surface area contributed by atoms with Crippen LogP contribution in [0, 0.1) is 5.92 Å². The Balaban J connectivity index is 1.77. The van der Waals surface area contributed by atoms with Crippen molar-refractivity contribution in [1.29, 1.82) is 0 Å². The van der Waals surface area contributed by atoms with Crippen molar-refractivity contribution >= 4 is 11.3 Å². The lowest BCUT2D eigenvalue weighted by Crippen LogP contribution is -2.36. The third-order valence-electron chi connectivity index (χ3n) is 4.12. The van der Waals surface area contributed by atoms with Gasteiger partial charge in [0.2, 0.25) is 0 Å². The summed E-state index contributed by atoms with van der Waals surface area (Å²) in [4.78, 5) is 3.97. The topological polar surface area (TPSA) is 15.3 Å². The Morgan fingerprint density at radius 2 is 2.28 bits per heavy atom. The number of thiophene rings is 1. The predicted molar refractivity (Wildman–Crippen MR) is 80.2 cm³/mol. The van der Waals surface area contributed by atoms with E-state index in [4.69, 9.17) is 0 Å². The van der Waals surface area contributed by atoms with Gasteiger partial charge in [0.15, 0.2) is 0 Å². The first-order chi connectivity index (χ1) is 8.72. The van der Waals surface area contributed by atoms with Gasteiger partial charge < -0.3 is 10.2 Å². The van der Waals surface area contributed by atoms with Gasteiger partial charge >= 0.3 is 0 Å². The van der Waals surface area contributed by atoms with Crippen LogP contribution in [0.4, 0.5) is 0 Å². The Hall–Kier alpha value is -0.380. The van der Waals surface area contributed by atoms with Crippen LogP contribution < -0.4 is 5.32 Å². The third-order valence-corrected chi connectivity index (χ3v) is 5.07. The highest BCUT2D eigenvalue weighted by atomic mass is 32.1. The normalized spacial score (nSPS) is 19.1. The molecule has 2 rings (SSSR count). The largest absolute Gasteiger partial charge is 0.308 e. The third kappa shape index (κ3) is 3.81. The van der Waals surface area contributed by atoms with Gasteiger partial charge in [-0.3, -0.25) is 0 Å². The van der Waals surface area contributed by atoms with Crippen LogP contribution in [0.15, 0.2) is 17.5 Å². The molecule has 2 nitrogen and oxygen atoms in total. The number of likely N-dealkylation sites (N-methyl/N-ethyl adjacent to an activating group) is 1. The fraction of sp³-hybridized carbons (Fsp3) is 0.733. The van der Waals surface area contributed by atoms with Gasteiger partial charge in [-0.2, -0.15) is 0 Å². The smallest absolute Gasteiger partial charge is 0.0443 e. The van der Waals surface area contributed by atoms with Crippen LogP contribution in [-0.4, -0.2) is 31.1 Å². The lowest BCUT2D eigenvalue weighted by atomic mass is 10.1. The summed E-state index contributed by atoms with van der Waals surface area (Å²) in [5.41, 5.74) is 0. The SMILES string of the molecule is CCC(C)N(C)CCNC(c1cccs1)C1CC1. The van der Waals surface area contributed by atoms with E-state index in [0.717, 1.165) is 19.0 Å². The van der Waals surface area contributed by atoms with Crippen molar-refractivity contribution in [3.05, 3.63) is 22.4 Å². The molecule has 0 bridgehead atoms. The highest BCUT2D eigenvalue weighted by Crippen LogP contribution is 2.42. The molecule has 1 fully saturated rings.